The lowest BCUT2D eigenvalue weighted by molar-refractivity contribution is 0.0625. The number of hydrogen-bond donors (Lipinski definition) is 1. The van der Waals surface area contributed by atoms with Gasteiger partial charge in [-0.05, 0) is 19.1 Å². The van der Waals surface area contributed by atoms with Crippen LogP contribution in [0.25, 0.3) is 0 Å². The van der Waals surface area contributed by atoms with Crippen molar-refractivity contribution in [3.05, 3.63) is 23.7 Å². The standard InChI is InChI=1S/C11H17NO4/c1-9-3-4-10(16-9)11(14)12(5-7-13)6-8-15-2/h3-4,13H,5-8H2,1-2H3. The van der Waals surface area contributed by atoms with Crippen LogP contribution in [-0.2, 0) is 4.74 Å². The van der Waals surface area contributed by atoms with Crippen molar-refractivity contribution >= 4 is 5.91 Å². The zero-order valence-corrected chi connectivity index (χ0v) is 9.60. The van der Waals surface area contributed by atoms with E-state index >= 15 is 0 Å². The second kappa shape index (κ2) is 6.30. The molecule has 0 bridgehead atoms. The first kappa shape index (κ1) is 12.7. The molecular weight excluding hydrogens is 210 g/mol. The molecule has 5 nitrogen and oxygen atoms in total. The normalized spacial score (nSPS) is 10.4. The molecule has 0 aliphatic heterocycles. The van der Waals surface area contributed by atoms with Crippen LogP contribution in [0, 0.1) is 6.92 Å². The van der Waals surface area contributed by atoms with Gasteiger partial charge >= 0.3 is 0 Å². The number of aliphatic hydroxyl groups is 1. The summed E-state index contributed by atoms with van der Waals surface area (Å²) < 4.78 is 10.1. The molecule has 0 fully saturated rings. The minimum absolute atomic E-state index is 0.0743. The largest absolute Gasteiger partial charge is 0.456 e. The molecule has 0 aliphatic rings. The maximum absolute atomic E-state index is 11.9. The lowest BCUT2D eigenvalue weighted by atomic mass is 10.3. The number of amides is 1. The Bertz CT molecular complexity index is 334. The van der Waals surface area contributed by atoms with E-state index in [4.69, 9.17) is 14.3 Å². The quantitative estimate of drug-likeness (QED) is 0.775. The number of carbonyl (C=O) groups excluding carboxylic acids is 1. The van der Waals surface area contributed by atoms with E-state index in [9.17, 15) is 4.79 Å². The van der Waals surface area contributed by atoms with Crippen LogP contribution in [0.15, 0.2) is 16.5 Å². The first-order valence-corrected chi connectivity index (χ1v) is 5.14. The van der Waals surface area contributed by atoms with Gasteiger partial charge in [-0.3, -0.25) is 4.79 Å². The zero-order valence-electron chi connectivity index (χ0n) is 9.60. The second-order valence-electron chi connectivity index (χ2n) is 3.42. The van der Waals surface area contributed by atoms with E-state index in [0.717, 1.165) is 0 Å². The molecule has 90 valence electrons. The molecule has 0 aliphatic carbocycles. The van der Waals surface area contributed by atoms with Gasteiger partial charge in [-0.25, -0.2) is 0 Å². The van der Waals surface area contributed by atoms with Crippen molar-refractivity contribution in [2.24, 2.45) is 0 Å². The molecule has 16 heavy (non-hydrogen) atoms. The number of furan rings is 1. The van der Waals surface area contributed by atoms with Gasteiger partial charge in [-0.15, -0.1) is 0 Å². The van der Waals surface area contributed by atoms with Crippen molar-refractivity contribution in [1.82, 2.24) is 4.90 Å². The van der Waals surface area contributed by atoms with E-state index in [0.29, 0.717) is 24.7 Å². The van der Waals surface area contributed by atoms with Gasteiger partial charge in [0.05, 0.1) is 13.2 Å². The number of methoxy groups -OCH3 is 1. The molecule has 0 atom stereocenters. The molecule has 0 aromatic carbocycles. The maximum atomic E-state index is 11.9. The first-order valence-electron chi connectivity index (χ1n) is 5.14. The first-order chi connectivity index (χ1) is 7.69. The summed E-state index contributed by atoms with van der Waals surface area (Å²) in [6.07, 6.45) is 0. The van der Waals surface area contributed by atoms with E-state index in [2.05, 4.69) is 0 Å². The van der Waals surface area contributed by atoms with Crippen LogP contribution < -0.4 is 0 Å². The molecule has 0 saturated carbocycles. The fourth-order valence-corrected chi connectivity index (χ4v) is 1.34. The van der Waals surface area contributed by atoms with Gasteiger partial charge in [0.15, 0.2) is 5.76 Å². The van der Waals surface area contributed by atoms with Crippen molar-refractivity contribution < 1.29 is 19.1 Å². The number of ether oxygens (including phenoxy) is 1. The summed E-state index contributed by atoms with van der Waals surface area (Å²) in [4.78, 5) is 13.4. The van der Waals surface area contributed by atoms with Crippen LogP contribution in [0.2, 0.25) is 0 Å². The number of rotatable bonds is 6. The number of aliphatic hydroxyl groups excluding tert-OH is 1. The van der Waals surface area contributed by atoms with Gasteiger partial charge < -0.3 is 19.2 Å². The Morgan fingerprint density at radius 3 is 2.75 bits per heavy atom. The van der Waals surface area contributed by atoms with Crippen molar-refractivity contribution in [2.75, 3.05) is 33.4 Å². The Labute approximate surface area is 94.6 Å². The van der Waals surface area contributed by atoms with Crippen LogP contribution in [0.1, 0.15) is 16.3 Å². The summed E-state index contributed by atoms with van der Waals surface area (Å²) in [5.41, 5.74) is 0. The average molecular weight is 227 g/mol. The highest BCUT2D eigenvalue weighted by Crippen LogP contribution is 2.09. The van der Waals surface area contributed by atoms with Crippen molar-refractivity contribution in [2.45, 2.75) is 6.92 Å². The van der Waals surface area contributed by atoms with Gasteiger partial charge in [-0.2, -0.15) is 0 Å². The Morgan fingerprint density at radius 2 is 2.25 bits per heavy atom. The zero-order chi connectivity index (χ0) is 12.0. The van der Waals surface area contributed by atoms with Gasteiger partial charge in [-0.1, -0.05) is 0 Å². The van der Waals surface area contributed by atoms with Crippen molar-refractivity contribution in [1.29, 1.82) is 0 Å². The Balaban J connectivity index is 2.66. The molecule has 0 radical (unpaired) electrons. The summed E-state index contributed by atoms with van der Waals surface area (Å²) in [6, 6.07) is 3.37. The molecule has 1 heterocycles. The summed E-state index contributed by atoms with van der Waals surface area (Å²) >= 11 is 0. The Kier molecular flexibility index (Phi) is 5.01. The molecule has 5 heteroatoms. The third kappa shape index (κ3) is 3.36. The summed E-state index contributed by atoms with van der Waals surface area (Å²) in [7, 11) is 1.57. The molecule has 1 rings (SSSR count). The summed E-state index contributed by atoms with van der Waals surface area (Å²) in [5, 5.41) is 8.87. The van der Waals surface area contributed by atoms with Gasteiger partial charge in [0.1, 0.15) is 5.76 Å². The van der Waals surface area contributed by atoms with Crippen LogP contribution in [0.5, 0.6) is 0 Å². The number of hydrogen-bond acceptors (Lipinski definition) is 4. The number of carbonyl (C=O) groups is 1. The average Bonchev–Trinajstić information content (AvgIpc) is 2.70. The Morgan fingerprint density at radius 1 is 1.50 bits per heavy atom. The molecule has 1 aromatic heterocycles. The highest BCUT2D eigenvalue weighted by Gasteiger charge is 2.17. The molecule has 1 aromatic rings. The lowest BCUT2D eigenvalue weighted by Crippen LogP contribution is -2.35. The van der Waals surface area contributed by atoms with E-state index < -0.39 is 0 Å². The predicted octanol–water partition coefficient (Wildman–Crippen LogP) is 0.669. The topological polar surface area (TPSA) is 62.9 Å². The molecule has 0 unspecified atom stereocenters. The van der Waals surface area contributed by atoms with Crippen molar-refractivity contribution in [3.63, 3.8) is 0 Å². The van der Waals surface area contributed by atoms with E-state index in [1.807, 2.05) is 0 Å². The van der Waals surface area contributed by atoms with Crippen LogP contribution >= 0.6 is 0 Å². The Hall–Kier alpha value is -1.33. The van der Waals surface area contributed by atoms with Crippen molar-refractivity contribution in [3.8, 4) is 0 Å². The summed E-state index contributed by atoms with van der Waals surface area (Å²) in [5.74, 6) is 0.764. The highest BCUT2D eigenvalue weighted by molar-refractivity contribution is 5.91. The second-order valence-corrected chi connectivity index (χ2v) is 3.42. The van der Waals surface area contributed by atoms with Crippen LogP contribution in [0.4, 0.5) is 0 Å². The minimum atomic E-state index is -0.223. The smallest absolute Gasteiger partial charge is 0.289 e. The molecule has 1 amide bonds. The van der Waals surface area contributed by atoms with E-state index in [-0.39, 0.29) is 19.1 Å². The fourth-order valence-electron chi connectivity index (χ4n) is 1.34. The predicted molar refractivity (Wildman–Crippen MR) is 58.3 cm³/mol. The molecular formula is C11H17NO4. The minimum Gasteiger partial charge on any atom is -0.456 e. The van der Waals surface area contributed by atoms with Crippen LogP contribution in [0.3, 0.4) is 0 Å². The van der Waals surface area contributed by atoms with Gasteiger partial charge in [0.2, 0.25) is 0 Å². The highest BCUT2D eigenvalue weighted by atomic mass is 16.5. The molecule has 0 spiro atoms. The monoisotopic (exact) mass is 227 g/mol. The third-order valence-corrected chi connectivity index (χ3v) is 2.17. The summed E-state index contributed by atoms with van der Waals surface area (Å²) in [6.45, 7) is 2.86. The van der Waals surface area contributed by atoms with E-state index in [1.165, 1.54) is 4.90 Å². The van der Waals surface area contributed by atoms with Gasteiger partial charge in [0.25, 0.3) is 5.91 Å². The van der Waals surface area contributed by atoms with Crippen LogP contribution in [-0.4, -0.2) is 49.3 Å². The number of aryl methyl sites for hydroxylation is 1. The SMILES string of the molecule is COCCN(CCO)C(=O)c1ccc(C)o1. The molecule has 1 N–H and O–H groups in total. The molecule has 0 saturated heterocycles. The fraction of sp³-hybridized carbons (Fsp3) is 0.545. The number of nitrogens with zero attached hydrogens (tertiary/aromatic N) is 1. The van der Waals surface area contributed by atoms with Gasteiger partial charge in [0, 0.05) is 20.2 Å². The third-order valence-electron chi connectivity index (χ3n) is 2.17. The van der Waals surface area contributed by atoms with E-state index in [1.54, 1.807) is 26.2 Å². The lowest BCUT2D eigenvalue weighted by Gasteiger charge is -2.19. The maximum Gasteiger partial charge on any atom is 0.289 e.